The molecule has 7 heteroatoms. The molecule has 0 unspecified atom stereocenters. The average Bonchev–Trinajstić information content (AvgIpc) is 2.36. The number of alkyl halides is 2. The van der Waals surface area contributed by atoms with Gasteiger partial charge in [-0.05, 0) is 24.6 Å². The third-order valence-electron chi connectivity index (χ3n) is 3.03. The van der Waals surface area contributed by atoms with Crippen LogP contribution in [0.2, 0.25) is 0 Å². The number of carbonyl (C=O) groups is 3. The van der Waals surface area contributed by atoms with Crippen LogP contribution in [0.5, 0.6) is 5.75 Å². The summed E-state index contributed by atoms with van der Waals surface area (Å²) >= 11 is 0. The fourth-order valence-electron chi connectivity index (χ4n) is 1.95. The van der Waals surface area contributed by atoms with Crippen LogP contribution in [0, 0.1) is 6.92 Å². The highest BCUT2D eigenvalue weighted by molar-refractivity contribution is 6.10. The molecule has 1 N–H and O–H groups in total. The van der Waals surface area contributed by atoms with Crippen molar-refractivity contribution >= 4 is 23.2 Å². The fourth-order valence-corrected chi connectivity index (χ4v) is 1.95. The Bertz CT molecular complexity index is 635. The number of halogens is 2. The summed E-state index contributed by atoms with van der Waals surface area (Å²) in [5, 5.41) is 2.53. The second kappa shape index (κ2) is 5.23. The van der Waals surface area contributed by atoms with E-state index in [1.165, 1.54) is 12.1 Å². The molecule has 0 atom stereocenters. The smallest absolute Gasteiger partial charge is 0.303 e. The minimum Gasteiger partial charge on any atom is -0.481 e. The number of anilines is 1. The third kappa shape index (κ3) is 3.24. The largest absolute Gasteiger partial charge is 0.481 e. The number of benzene rings is 1. The van der Waals surface area contributed by atoms with Gasteiger partial charge in [-0.15, -0.1) is 0 Å². The number of fused-ring (bicyclic) bond motifs is 1. The van der Waals surface area contributed by atoms with Crippen molar-refractivity contribution < 1.29 is 27.9 Å². The third-order valence-corrected chi connectivity index (χ3v) is 3.03. The number of ketones is 2. The van der Waals surface area contributed by atoms with Gasteiger partial charge in [0.15, 0.2) is 12.4 Å². The Balaban J connectivity index is 2.27. The quantitative estimate of drug-likeness (QED) is 0.682. The lowest BCUT2D eigenvalue weighted by Gasteiger charge is -2.20. The molecule has 0 saturated carbocycles. The summed E-state index contributed by atoms with van der Waals surface area (Å²) in [5.41, 5.74) is 0.950. The molecule has 0 radical (unpaired) electrons. The van der Waals surface area contributed by atoms with E-state index in [9.17, 15) is 23.2 Å². The zero-order chi connectivity index (χ0) is 15.8. The number of amides is 1. The Morgan fingerprint density at radius 2 is 2.05 bits per heavy atom. The van der Waals surface area contributed by atoms with E-state index in [1.54, 1.807) is 6.92 Å². The molecule has 1 aromatic carbocycles. The van der Waals surface area contributed by atoms with E-state index in [4.69, 9.17) is 4.74 Å². The number of aryl methyl sites for hydroxylation is 1. The highest BCUT2D eigenvalue weighted by Crippen LogP contribution is 2.33. The molecule has 1 amide bonds. The molecule has 0 spiro atoms. The summed E-state index contributed by atoms with van der Waals surface area (Å²) in [7, 11) is 0. The van der Waals surface area contributed by atoms with Gasteiger partial charge < -0.3 is 10.1 Å². The lowest BCUT2D eigenvalue weighted by Crippen LogP contribution is -2.28. The summed E-state index contributed by atoms with van der Waals surface area (Å²) in [6.45, 7) is 1.99. The van der Waals surface area contributed by atoms with Crippen LogP contribution in [-0.4, -0.2) is 30.0 Å². The summed E-state index contributed by atoms with van der Waals surface area (Å²) in [4.78, 5) is 34.4. The second-order valence-corrected chi connectivity index (χ2v) is 4.92. The van der Waals surface area contributed by atoms with Crippen LogP contribution in [0.1, 0.15) is 29.3 Å². The standard InChI is InChI=1S/C14H13F2NO4/c1-7-3-8(10(18)5-11(19)14(2,15)16)4-9-13(7)21-6-12(20)17-9/h3-4H,5-6H2,1-2H3,(H,17,20). The zero-order valence-electron chi connectivity index (χ0n) is 11.5. The number of hydrogen-bond acceptors (Lipinski definition) is 4. The van der Waals surface area contributed by atoms with Gasteiger partial charge in [0.05, 0.1) is 12.1 Å². The van der Waals surface area contributed by atoms with Crippen LogP contribution in [0.15, 0.2) is 12.1 Å². The summed E-state index contributed by atoms with van der Waals surface area (Å²) < 4.78 is 30.9. The van der Waals surface area contributed by atoms with E-state index in [0.717, 1.165) is 0 Å². The van der Waals surface area contributed by atoms with Crippen molar-refractivity contribution in [1.29, 1.82) is 0 Å². The fraction of sp³-hybridized carbons (Fsp3) is 0.357. The van der Waals surface area contributed by atoms with Gasteiger partial charge in [0.25, 0.3) is 5.91 Å². The maximum absolute atomic E-state index is 12.8. The number of nitrogens with one attached hydrogen (secondary N) is 1. The normalized spacial score (nSPS) is 14.0. The van der Waals surface area contributed by atoms with Crippen LogP contribution in [0.3, 0.4) is 0 Å². The van der Waals surface area contributed by atoms with Gasteiger partial charge in [0, 0.05) is 12.5 Å². The number of carbonyl (C=O) groups excluding carboxylic acids is 3. The van der Waals surface area contributed by atoms with E-state index in [0.29, 0.717) is 23.9 Å². The maximum Gasteiger partial charge on any atom is 0.303 e. The van der Waals surface area contributed by atoms with E-state index < -0.39 is 23.9 Å². The number of rotatable bonds is 4. The van der Waals surface area contributed by atoms with Crippen LogP contribution in [-0.2, 0) is 9.59 Å². The van der Waals surface area contributed by atoms with Crippen molar-refractivity contribution in [2.24, 2.45) is 0 Å². The Morgan fingerprint density at radius 3 is 2.67 bits per heavy atom. The van der Waals surface area contributed by atoms with Crippen molar-refractivity contribution in [3.63, 3.8) is 0 Å². The van der Waals surface area contributed by atoms with Crippen molar-refractivity contribution in [2.75, 3.05) is 11.9 Å². The van der Waals surface area contributed by atoms with Crippen molar-refractivity contribution in [3.05, 3.63) is 23.3 Å². The molecule has 0 aliphatic carbocycles. The SMILES string of the molecule is Cc1cc(C(=O)CC(=O)C(C)(F)F)cc2c1OCC(=O)N2. The maximum atomic E-state index is 12.8. The van der Waals surface area contributed by atoms with E-state index in [1.807, 2.05) is 0 Å². The summed E-state index contributed by atoms with van der Waals surface area (Å²) in [5.74, 6) is -5.66. The molecule has 0 fully saturated rings. The topological polar surface area (TPSA) is 72.5 Å². The van der Waals surface area contributed by atoms with Gasteiger partial charge in [-0.3, -0.25) is 14.4 Å². The van der Waals surface area contributed by atoms with Gasteiger partial charge in [0.1, 0.15) is 5.75 Å². The van der Waals surface area contributed by atoms with Crippen LogP contribution < -0.4 is 10.1 Å². The lowest BCUT2D eigenvalue weighted by molar-refractivity contribution is -0.139. The monoisotopic (exact) mass is 297 g/mol. The molecular weight excluding hydrogens is 284 g/mol. The molecule has 1 aromatic rings. The molecule has 1 heterocycles. The first kappa shape index (κ1) is 15.1. The van der Waals surface area contributed by atoms with Crippen molar-refractivity contribution in [3.8, 4) is 5.75 Å². The molecule has 0 saturated heterocycles. The van der Waals surface area contributed by atoms with E-state index in [-0.39, 0.29) is 18.1 Å². The first-order valence-electron chi connectivity index (χ1n) is 6.20. The Labute approximate surface area is 119 Å². The van der Waals surface area contributed by atoms with Crippen LogP contribution in [0.4, 0.5) is 14.5 Å². The molecule has 5 nitrogen and oxygen atoms in total. The second-order valence-electron chi connectivity index (χ2n) is 4.92. The minimum absolute atomic E-state index is 0.0784. The highest BCUT2D eigenvalue weighted by Gasteiger charge is 2.33. The Hall–Kier alpha value is -2.31. The summed E-state index contributed by atoms with van der Waals surface area (Å²) in [6.07, 6.45) is -0.892. The Kier molecular flexibility index (Phi) is 3.76. The van der Waals surface area contributed by atoms with E-state index >= 15 is 0 Å². The van der Waals surface area contributed by atoms with Gasteiger partial charge in [0.2, 0.25) is 5.78 Å². The van der Waals surface area contributed by atoms with Gasteiger partial charge >= 0.3 is 5.92 Å². The first-order valence-corrected chi connectivity index (χ1v) is 6.20. The van der Waals surface area contributed by atoms with Crippen molar-refractivity contribution in [1.82, 2.24) is 0 Å². The highest BCUT2D eigenvalue weighted by atomic mass is 19.3. The van der Waals surface area contributed by atoms with Crippen LogP contribution >= 0.6 is 0 Å². The predicted octanol–water partition coefficient (Wildman–Crippen LogP) is 2.12. The molecule has 0 aromatic heterocycles. The molecule has 1 aliphatic heterocycles. The van der Waals surface area contributed by atoms with Crippen LogP contribution in [0.25, 0.3) is 0 Å². The molecule has 21 heavy (non-hydrogen) atoms. The van der Waals surface area contributed by atoms with Gasteiger partial charge in [-0.25, -0.2) is 0 Å². The van der Waals surface area contributed by atoms with Crippen molar-refractivity contribution in [2.45, 2.75) is 26.2 Å². The van der Waals surface area contributed by atoms with E-state index in [2.05, 4.69) is 5.32 Å². The zero-order valence-corrected chi connectivity index (χ0v) is 11.5. The minimum atomic E-state index is -3.55. The first-order chi connectivity index (χ1) is 9.68. The van der Waals surface area contributed by atoms with Gasteiger partial charge in [-0.1, -0.05) is 0 Å². The molecule has 112 valence electrons. The number of hydrogen-bond donors (Lipinski definition) is 1. The summed E-state index contributed by atoms with van der Waals surface area (Å²) in [6, 6.07) is 2.77. The predicted molar refractivity (Wildman–Crippen MR) is 69.9 cm³/mol. The molecular formula is C14H13F2NO4. The molecule has 2 rings (SSSR count). The van der Waals surface area contributed by atoms with Gasteiger partial charge in [-0.2, -0.15) is 8.78 Å². The number of Topliss-reactive ketones (excluding diaryl/α,β-unsaturated/α-hetero) is 2. The lowest BCUT2D eigenvalue weighted by atomic mass is 10.00. The molecule has 1 aliphatic rings. The Morgan fingerprint density at radius 1 is 1.38 bits per heavy atom. The number of ether oxygens (including phenoxy) is 1. The molecule has 0 bridgehead atoms. The average molecular weight is 297 g/mol.